The Hall–Kier alpha value is -2.18. The number of nitrogens with one attached hydrogen (secondary N) is 1. The third-order valence-corrected chi connectivity index (χ3v) is 10.2. The Balaban J connectivity index is 1.26. The molecule has 0 saturated heterocycles. The summed E-state index contributed by atoms with van der Waals surface area (Å²) in [5.74, 6) is 2.27. The minimum atomic E-state index is -0.362. The van der Waals surface area contributed by atoms with E-state index in [9.17, 15) is 4.79 Å². The number of rotatable bonds is 6. The van der Waals surface area contributed by atoms with Gasteiger partial charge in [-0.05, 0) is 105 Å². The highest BCUT2D eigenvalue weighted by atomic mass is 16.7. The van der Waals surface area contributed by atoms with Crippen molar-refractivity contribution in [3.63, 3.8) is 0 Å². The normalized spacial score (nSPS) is 35.4. The molecule has 4 aliphatic carbocycles. The second-order valence-corrected chi connectivity index (χ2v) is 12.3. The molecule has 1 N–H and O–H groups in total. The topological polar surface area (TPSA) is 57.7 Å². The first-order valence-electron chi connectivity index (χ1n) is 13.9. The second kappa shape index (κ2) is 9.94. The predicted octanol–water partition coefficient (Wildman–Crippen LogP) is 5.54. The lowest BCUT2D eigenvalue weighted by atomic mass is 9.46. The largest absolute Gasteiger partial charge is 0.426 e. The van der Waals surface area contributed by atoms with Crippen LogP contribution in [0.15, 0.2) is 42.3 Å². The summed E-state index contributed by atoms with van der Waals surface area (Å²) in [7, 11) is 5.89. The number of hydroxylamine groups is 2. The highest BCUT2D eigenvalue weighted by molar-refractivity contribution is 5.72. The molecule has 0 spiro atoms. The molecule has 5 rings (SSSR count). The Bertz CT molecular complexity index is 1020. The van der Waals surface area contributed by atoms with Gasteiger partial charge in [0.05, 0.1) is 6.04 Å². The van der Waals surface area contributed by atoms with Crippen molar-refractivity contribution in [2.75, 3.05) is 34.2 Å². The Kier molecular flexibility index (Phi) is 7.03. The van der Waals surface area contributed by atoms with Crippen molar-refractivity contribution in [2.24, 2.45) is 28.6 Å². The van der Waals surface area contributed by atoms with E-state index in [1.54, 1.807) is 10.6 Å². The van der Waals surface area contributed by atoms with Gasteiger partial charge in [0, 0.05) is 32.5 Å². The fourth-order valence-electron chi connectivity index (χ4n) is 8.15. The molecule has 36 heavy (non-hydrogen) atoms. The van der Waals surface area contributed by atoms with Crippen LogP contribution in [0.25, 0.3) is 5.57 Å². The Labute approximate surface area is 217 Å². The maximum atomic E-state index is 12.3. The molecule has 1 amide bonds. The third kappa shape index (κ3) is 4.51. The number of pyridine rings is 1. The SMILES string of the molecule is CN(C)CCNC(=O)ON(C)C1C=C2CC[C@H]3[C@H](CC[C@]4(C)C(c5cccnc5)=CC[C@@H]34)[C@@]2(C)CC1. The monoisotopic (exact) mass is 492 g/mol. The first-order chi connectivity index (χ1) is 17.2. The number of fused-ring (bicyclic) bond motifs is 5. The summed E-state index contributed by atoms with van der Waals surface area (Å²) in [6, 6.07) is 4.47. The van der Waals surface area contributed by atoms with Crippen LogP contribution in [-0.2, 0) is 4.84 Å². The summed E-state index contributed by atoms with van der Waals surface area (Å²) in [6.45, 7) is 6.45. The molecule has 1 unspecified atom stereocenters. The maximum Gasteiger partial charge on any atom is 0.426 e. The minimum absolute atomic E-state index is 0.156. The zero-order chi connectivity index (χ0) is 25.5. The first kappa shape index (κ1) is 25.5. The number of carbonyl (C=O) groups is 1. The van der Waals surface area contributed by atoms with Crippen molar-refractivity contribution in [3.8, 4) is 0 Å². The van der Waals surface area contributed by atoms with Gasteiger partial charge in [0.2, 0.25) is 0 Å². The summed E-state index contributed by atoms with van der Waals surface area (Å²) in [6.07, 6.45) is 17.0. The fourth-order valence-corrected chi connectivity index (χ4v) is 8.15. The molecular weight excluding hydrogens is 448 g/mol. The zero-order valence-electron chi connectivity index (χ0n) is 22.8. The fraction of sp³-hybridized carbons (Fsp3) is 0.667. The molecule has 6 nitrogen and oxygen atoms in total. The van der Waals surface area contributed by atoms with E-state index in [0.29, 0.717) is 6.54 Å². The Morgan fingerprint density at radius 3 is 2.69 bits per heavy atom. The van der Waals surface area contributed by atoms with E-state index in [1.165, 1.54) is 49.7 Å². The van der Waals surface area contributed by atoms with Crippen LogP contribution in [0.4, 0.5) is 4.79 Å². The number of amides is 1. The van der Waals surface area contributed by atoms with E-state index in [-0.39, 0.29) is 23.0 Å². The van der Waals surface area contributed by atoms with Gasteiger partial charge in [-0.2, -0.15) is 0 Å². The Morgan fingerprint density at radius 2 is 1.94 bits per heavy atom. The lowest BCUT2D eigenvalue weighted by Crippen LogP contribution is -2.51. The van der Waals surface area contributed by atoms with Gasteiger partial charge in [0.1, 0.15) is 0 Å². The number of allylic oxidation sites excluding steroid dienone is 3. The van der Waals surface area contributed by atoms with Crippen molar-refractivity contribution < 1.29 is 9.63 Å². The van der Waals surface area contributed by atoms with Crippen LogP contribution < -0.4 is 5.32 Å². The lowest BCUT2D eigenvalue weighted by Gasteiger charge is -2.58. The quantitative estimate of drug-likeness (QED) is 0.417. The predicted molar refractivity (Wildman–Crippen MR) is 144 cm³/mol. The molecule has 0 bridgehead atoms. The van der Waals surface area contributed by atoms with E-state index < -0.39 is 0 Å². The van der Waals surface area contributed by atoms with Crippen molar-refractivity contribution in [1.29, 1.82) is 0 Å². The number of aromatic nitrogens is 1. The van der Waals surface area contributed by atoms with Crippen molar-refractivity contribution in [3.05, 3.63) is 47.8 Å². The Morgan fingerprint density at radius 1 is 1.14 bits per heavy atom. The molecule has 6 atom stereocenters. The molecule has 0 radical (unpaired) electrons. The molecule has 6 heteroatoms. The summed E-state index contributed by atoms with van der Waals surface area (Å²) in [4.78, 5) is 24.3. The molecule has 196 valence electrons. The van der Waals surface area contributed by atoms with Gasteiger partial charge in [-0.15, -0.1) is 5.06 Å². The number of hydrogen-bond donors (Lipinski definition) is 1. The van der Waals surface area contributed by atoms with Crippen LogP contribution in [0.5, 0.6) is 0 Å². The van der Waals surface area contributed by atoms with Gasteiger partial charge in [0.25, 0.3) is 0 Å². The number of carbonyl (C=O) groups excluding carboxylic acids is 1. The average Bonchev–Trinajstić information content (AvgIpc) is 3.21. The highest BCUT2D eigenvalue weighted by Crippen LogP contribution is 2.66. The first-order valence-corrected chi connectivity index (χ1v) is 13.9. The lowest BCUT2D eigenvalue weighted by molar-refractivity contribution is -0.108. The molecule has 1 aromatic heterocycles. The third-order valence-electron chi connectivity index (χ3n) is 10.2. The van der Waals surface area contributed by atoms with Gasteiger partial charge in [-0.3, -0.25) is 4.98 Å². The van der Waals surface area contributed by atoms with Crippen LogP contribution in [0.2, 0.25) is 0 Å². The van der Waals surface area contributed by atoms with Gasteiger partial charge < -0.3 is 15.1 Å². The number of likely N-dealkylation sites (N-methyl/N-ethyl adjacent to an activating group) is 2. The van der Waals surface area contributed by atoms with Gasteiger partial charge in [-0.25, -0.2) is 4.79 Å². The molecule has 4 aliphatic rings. The van der Waals surface area contributed by atoms with Crippen LogP contribution in [0.1, 0.15) is 64.4 Å². The molecule has 1 aromatic rings. The second-order valence-electron chi connectivity index (χ2n) is 12.3. The van der Waals surface area contributed by atoms with Crippen molar-refractivity contribution >= 4 is 11.7 Å². The van der Waals surface area contributed by atoms with E-state index >= 15 is 0 Å². The van der Waals surface area contributed by atoms with E-state index in [0.717, 1.165) is 30.7 Å². The van der Waals surface area contributed by atoms with Crippen LogP contribution in [0, 0.1) is 28.6 Å². The van der Waals surface area contributed by atoms with Gasteiger partial charge in [-0.1, -0.05) is 37.6 Å². The smallest absolute Gasteiger partial charge is 0.351 e. The molecule has 2 fully saturated rings. The van der Waals surface area contributed by atoms with E-state index in [1.807, 2.05) is 32.2 Å². The van der Waals surface area contributed by atoms with Crippen LogP contribution in [0.3, 0.4) is 0 Å². The highest BCUT2D eigenvalue weighted by Gasteiger charge is 2.57. The van der Waals surface area contributed by atoms with E-state index in [4.69, 9.17) is 4.84 Å². The van der Waals surface area contributed by atoms with E-state index in [2.05, 4.69) is 54.6 Å². The molecule has 2 saturated carbocycles. The minimum Gasteiger partial charge on any atom is -0.351 e. The van der Waals surface area contributed by atoms with Crippen LogP contribution >= 0.6 is 0 Å². The zero-order valence-corrected chi connectivity index (χ0v) is 22.8. The summed E-state index contributed by atoms with van der Waals surface area (Å²) < 4.78 is 0. The molecule has 1 heterocycles. The summed E-state index contributed by atoms with van der Waals surface area (Å²) in [5, 5.41) is 4.62. The standard InChI is InChI=1S/C30H44N4O2/c1-29-14-12-23(34(5)36-28(35)32-17-18-33(3)4)19-22(29)8-9-24-26-11-10-25(21-7-6-16-31-20-21)30(26,2)15-13-27(24)29/h6-7,10,16,19-20,23-24,26-27H,8-9,11-15,17-18H2,1-5H3,(H,32,35)/t23?,24-,26+,27+,29+,30-/m1/s1. The summed E-state index contributed by atoms with van der Waals surface area (Å²) in [5.41, 5.74) is 5.00. The van der Waals surface area contributed by atoms with Crippen molar-refractivity contribution in [1.82, 2.24) is 20.3 Å². The molecule has 0 aromatic carbocycles. The van der Waals surface area contributed by atoms with Gasteiger partial charge in [0.15, 0.2) is 0 Å². The maximum absolute atomic E-state index is 12.3. The van der Waals surface area contributed by atoms with Crippen LogP contribution in [-0.4, -0.2) is 61.3 Å². The average molecular weight is 493 g/mol. The number of hydrogen-bond acceptors (Lipinski definition) is 5. The van der Waals surface area contributed by atoms with Crippen molar-refractivity contribution in [2.45, 2.75) is 64.8 Å². The summed E-state index contributed by atoms with van der Waals surface area (Å²) >= 11 is 0. The molecule has 0 aliphatic heterocycles. The van der Waals surface area contributed by atoms with Gasteiger partial charge >= 0.3 is 6.09 Å². The molecular formula is C30H44N4O2. The number of nitrogens with zero attached hydrogens (tertiary/aromatic N) is 3.